The quantitative estimate of drug-likeness (QED) is 0.0259. The van der Waals surface area contributed by atoms with Crippen LogP contribution in [0.3, 0.4) is 0 Å². The second-order valence-corrected chi connectivity index (χ2v) is 24.7. The van der Waals surface area contributed by atoms with Gasteiger partial charge in [0.15, 0.2) is 12.6 Å². The number of ether oxygens (including phenoxy) is 4. The van der Waals surface area contributed by atoms with Crippen LogP contribution in [0.5, 0.6) is 0 Å². The van der Waals surface area contributed by atoms with Crippen LogP contribution in [-0.2, 0) is 23.7 Å². The van der Waals surface area contributed by atoms with Crippen molar-refractivity contribution in [2.75, 3.05) is 19.8 Å². The lowest BCUT2D eigenvalue weighted by Crippen LogP contribution is -2.65. The molecular weight excluding hydrogens is 1010 g/mol. The van der Waals surface area contributed by atoms with E-state index in [2.05, 4.69) is 19.2 Å². The van der Waals surface area contributed by atoms with E-state index < -0.39 is 86.8 Å². The second kappa shape index (κ2) is 52.3. The zero-order chi connectivity index (χ0) is 58.1. The fourth-order valence-electron chi connectivity index (χ4n) is 11.8. The number of aliphatic hydroxyl groups is 8. The van der Waals surface area contributed by atoms with Crippen molar-refractivity contribution in [3.05, 3.63) is 0 Å². The molecule has 2 rings (SSSR count). The van der Waals surface area contributed by atoms with Crippen molar-refractivity contribution in [3.8, 4) is 0 Å². The summed E-state index contributed by atoms with van der Waals surface area (Å²) in [6.07, 6.45) is 44.2. The van der Waals surface area contributed by atoms with Crippen LogP contribution in [0.4, 0.5) is 0 Å². The van der Waals surface area contributed by atoms with E-state index in [9.17, 15) is 45.6 Å². The molecule has 0 aromatic carbocycles. The van der Waals surface area contributed by atoms with E-state index in [0.29, 0.717) is 12.8 Å². The minimum absolute atomic E-state index is 0.200. The first-order chi connectivity index (χ1) is 39.1. The van der Waals surface area contributed by atoms with Gasteiger partial charge in [0.1, 0.15) is 48.8 Å². The van der Waals surface area contributed by atoms with Gasteiger partial charge in [-0.1, -0.05) is 303 Å². The molecule has 14 heteroatoms. The number of carbonyl (C=O) groups is 1. The molecule has 2 saturated heterocycles. The first-order valence-electron chi connectivity index (χ1n) is 34.3. The van der Waals surface area contributed by atoms with Gasteiger partial charge in [0.25, 0.3) is 0 Å². The monoisotopic (exact) mass is 1140 g/mol. The topological polar surface area (TPSA) is 228 Å². The van der Waals surface area contributed by atoms with E-state index in [1.807, 2.05) is 0 Å². The Morgan fingerprint density at radius 1 is 0.400 bits per heavy atom. The Morgan fingerprint density at radius 2 is 0.713 bits per heavy atom. The molecule has 1 amide bonds. The van der Waals surface area contributed by atoms with Gasteiger partial charge in [-0.3, -0.25) is 4.79 Å². The molecule has 0 radical (unpaired) electrons. The Morgan fingerprint density at radius 3 is 1.06 bits per heavy atom. The van der Waals surface area contributed by atoms with Gasteiger partial charge in [0.05, 0.1) is 32.0 Å². The number of amides is 1. The maximum absolute atomic E-state index is 13.3. The molecule has 0 aliphatic carbocycles. The van der Waals surface area contributed by atoms with E-state index in [1.54, 1.807) is 0 Å². The molecule has 80 heavy (non-hydrogen) atoms. The Bertz CT molecular complexity index is 1350. The van der Waals surface area contributed by atoms with Crippen molar-refractivity contribution in [2.24, 2.45) is 0 Å². The predicted octanol–water partition coefficient (Wildman–Crippen LogP) is 13.2. The molecule has 2 aliphatic rings. The lowest BCUT2D eigenvalue weighted by Gasteiger charge is -2.46. The average molecular weight is 1140 g/mol. The second-order valence-electron chi connectivity index (χ2n) is 24.7. The summed E-state index contributed by atoms with van der Waals surface area (Å²) in [4.78, 5) is 13.3. The van der Waals surface area contributed by atoms with Crippen molar-refractivity contribution in [1.29, 1.82) is 0 Å². The van der Waals surface area contributed by atoms with Gasteiger partial charge in [-0.25, -0.2) is 0 Å². The Kier molecular flexibility index (Phi) is 49.1. The van der Waals surface area contributed by atoms with Crippen LogP contribution in [0.1, 0.15) is 322 Å². The van der Waals surface area contributed by atoms with Crippen LogP contribution >= 0.6 is 0 Å². The summed E-state index contributed by atoms with van der Waals surface area (Å²) < 4.78 is 22.9. The molecule has 0 spiro atoms. The fourth-order valence-corrected chi connectivity index (χ4v) is 11.8. The molecule has 0 bridgehead atoms. The van der Waals surface area contributed by atoms with Crippen molar-refractivity contribution < 1.29 is 64.6 Å². The van der Waals surface area contributed by atoms with E-state index >= 15 is 0 Å². The number of aliphatic hydroxyl groups excluding tert-OH is 8. The number of carbonyl (C=O) groups excluding carboxylic acids is 1. The maximum Gasteiger partial charge on any atom is 0.220 e. The van der Waals surface area contributed by atoms with Gasteiger partial charge < -0.3 is 65.1 Å². The molecule has 0 aromatic rings. The summed E-state index contributed by atoms with van der Waals surface area (Å²) in [6, 6.07) is -0.823. The minimum Gasteiger partial charge on any atom is -0.394 e. The molecule has 12 unspecified atom stereocenters. The summed E-state index contributed by atoms with van der Waals surface area (Å²) in [5.41, 5.74) is 0. The smallest absolute Gasteiger partial charge is 0.220 e. The summed E-state index contributed by atoms with van der Waals surface area (Å²) in [7, 11) is 0. The van der Waals surface area contributed by atoms with Crippen molar-refractivity contribution in [1.82, 2.24) is 5.32 Å². The lowest BCUT2D eigenvalue weighted by atomic mass is 9.97. The number of unbranched alkanes of at least 4 members (excludes halogenated alkanes) is 44. The van der Waals surface area contributed by atoms with Crippen molar-refractivity contribution >= 4 is 5.91 Å². The Balaban J connectivity index is 1.62. The molecule has 12 atom stereocenters. The fraction of sp³-hybridized carbons (Fsp3) is 0.985. The Hall–Kier alpha value is -1.01. The average Bonchev–Trinajstić information content (AvgIpc) is 3.46. The van der Waals surface area contributed by atoms with Gasteiger partial charge in [0.2, 0.25) is 5.91 Å². The highest BCUT2D eigenvalue weighted by molar-refractivity contribution is 5.76. The number of nitrogens with one attached hydrogen (secondary N) is 1. The van der Waals surface area contributed by atoms with E-state index in [-0.39, 0.29) is 12.5 Å². The predicted molar refractivity (Wildman–Crippen MR) is 323 cm³/mol. The third-order valence-corrected chi connectivity index (χ3v) is 17.3. The standard InChI is InChI=1S/C66H129NO13/c1-3-5-7-9-11-13-15-17-19-20-21-22-23-24-25-26-27-28-29-30-31-32-33-34-35-36-37-39-41-43-45-47-49-55(70)54(67-58(71)50-48-46-44-42-40-38-18-16-14-12-10-8-6-4-2)53-77-65-63(76)61(74)64(57(52-69)79-65)80-66-62(75)60(73)59(72)56(51-68)78-66/h54-57,59-66,68-70,72-76H,3-53H2,1-2H3,(H,67,71). The van der Waals surface area contributed by atoms with E-state index in [4.69, 9.17) is 18.9 Å². The highest BCUT2D eigenvalue weighted by Gasteiger charge is 2.51. The zero-order valence-corrected chi connectivity index (χ0v) is 51.6. The minimum atomic E-state index is -1.78. The molecule has 476 valence electrons. The third-order valence-electron chi connectivity index (χ3n) is 17.3. The SMILES string of the molecule is CCCCCCCCCCCCCCCCCCCCCCCCCCCCCCCCCCC(O)C(COC1OC(CO)C(OC2OC(CO)C(O)C(O)C2O)C(O)C1O)NC(=O)CCCCCCCCCCCCCCCC. The van der Waals surface area contributed by atoms with Crippen LogP contribution in [0.15, 0.2) is 0 Å². The molecule has 0 aromatic heterocycles. The van der Waals surface area contributed by atoms with Gasteiger partial charge in [-0.2, -0.15) is 0 Å². The molecule has 2 aliphatic heterocycles. The van der Waals surface area contributed by atoms with Crippen LogP contribution in [0.25, 0.3) is 0 Å². The van der Waals surface area contributed by atoms with Crippen LogP contribution in [0, 0.1) is 0 Å². The van der Waals surface area contributed by atoms with Gasteiger partial charge >= 0.3 is 0 Å². The molecule has 9 N–H and O–H groups in total. The van der Waals surface area contributed by atoms with E-state index in [1.165, 1.54) is 244 Å². The molecular formula is C66H129NO13. The van der Waals surface area contributed by atoms with Crippen LogP contribution in [-0.4, -0.2) is 140 Å². The zero-order valence-electron chi connectivity index (χ0n) is 51.6. The molecule has 0 saturated carbocycles. The van der Waals surface area contributed by atoms with Crippen LogP contribution in [0.2, 0.25) is 0 Å². The number of hydrogen-bond acceptors (Lipinski definition) is 13. The summed E-state index contributed by atoms with van der Waals surface area (Å²) in [5.74, 6) is -0.200. The highest BCUT2D eigenvalue weighted by Crippen LogP contribution is 2.30. The van der Waals surface area contributed by atoms with Gasteiger partial charge in [0, 0.05) is 6.42 Å². The summed E-state index contributed by atoms with van der Waals surface area (Å²) >= 11 is 0. The van der Waals surface area contributed by atoms with Crippen LogP contribution < -0.4 is 5.32 Å². The van der Waals surface area contributed by atoms with Gasteiger partial charge in [-0.15, -0.1) is 0 Å². The summed E-state index contributed by atoms with van der Waals surface area (Å²) in [5, 5.41) is 87.4. The largest absolute Gasteiger partial charge is 0.394 e. The van der Waals surface area contributed by atoms with E-state index in [0.717, 1.165) is 51.4 Å². The summed E-state index contributed by atoms with van der Waals surface area (Å²) in [6.45, 7) is 2.91. The number of hydrogen-bond donors (Lipinski definition) is 9. The molecule has 2 heterocycles. The van der Waals surface area contributed by atoms with Crippen molar-refractivity contribution in [3.63, 3.8) is 0 Å². The first kappa shape index (κ1) is 75.1. The maximum atomic E-state index is 13.3. The lowest BCUT2D eigenvalue weighted by molar-refractivity contribution is -0.359. The molecule has 2 fully saturated rings. The Labute approximate surface area is 489 Å². The normalized spacial score (nSPS) is 24.1. The third kappa shape index (κ3) is 36.7. The molecule has 14 nitrogen and oxygen atoms in total. The number of rotatable bonds is 57. The first-order valence-corrected chi connectivity index (χ1v) is 34.3. The van der Waals surface area contributed by atoms with Crippen molar-refractivity contribution in [2.45, 2.75) is 396 Å². The highest BCUT2D eigenvalue weighted by atomic mass is 16.7. The van der Waals surface area contributed by atoms with Gasteiger partial charge in [-0.05, 0) is 12.8 Å².